The lowest BCUT2D eigenvalue weighted by Gasteiger charge is -2.44. The molecule has 2 aliphatic heterocycles. The van der Waals surface area contributed by atoms with Gasteiger partial charge in [-0.25, -0.2) is 18.7 Å². The van der Waals surface area contributed by atoms with Crippen LogP contribution in [0.4, 0.5) is 10.6 Å². The van der Waals surface area contributed by atoms with E-state index >= 15 is 0 Å². The molecule has 1 saturated heterocycles. The number of primary amides is 1. The van der Waals surface area contributed by atoms with Crippen LogP contribution in [0.5, 0.6) is 0 Å². The summed E-state index contributed by atoms with van der Waals surface area (Å²) in [5.74, 6) is -1.18. The van der Waals surface area contributed by atoms with E-state index in [0.717, 1.165) is 25.6 Å². The number of hydrogen-bond acceptors (Lipinski definition) is 11. The van der Waals surface area contributed by atoms with Gasteiger partial charge < -0.3 is 16.4 Å². The lowest BCUT2D eigenvalue weighted by Crippen LogP contribution is -2.69. The molecule has 0 spiro atoms. The van der Waals surface area contributed by atoms with Crippen LogP contribution in [0.2, 0.25) is 0 Å². The number of rotatable bonds is 7. The molecule has 17 heteroatoms. The topological polar surface area (TPSA) is 194 Å². The number of carbonyl (C=O) groups excluding carboxylic acids is 3. The Labute approximate surface area is 190 Å². The molecule has 1 aromatic heterocycles. The van der Waals surface area contributed by atoms with E-state index in [4.69, 9.17) is 16.3 Å². The first kappa shape index (κ1) is 24.1. The molecular weight excluding hydrogens is 484 g/mol. The van der Waals surface area contributed by atoms with Crippen molar-refractivity contribution in [2.24, 2.45) is 16.0 Å². The first-order valence-electron chi connectivity index (χ1n) is 9.00. The third-order valence-electron chi connectivity index (χ3n) is 4.63. The molecule has 32 heavy (non-hydrogen) atoms. The maximum absolute atomic E-state index is 12.7. The van der Waals surface area contributed by atoms with Crippen molar-refractivity contribution in [1.82, 2.24) is 18.9 Å². The molecule has 5 N–H and O–H groups in total. The van der Waals surface area contributed by atoms with E-state index < -0.39 is 50.3 Å². The Kier molecular flexibility index (Phi) is 6.84. The van der Waals surface area contributed by atoms with Gasteiger partial charge in [-0.2, -0.15) is 12.8 Å². The Morgan fingerprint density at radius 1 is 1.50 bits per heavy atom. The molecule has 2 aliphatic rings. The van der Waals surface area contributed by atoms with Gasteiger partial charge in [0, 0.05) is 23.0 Å². The van der Waals surface area contributed by atoms with E-state index in [2.05, 4.69) is 8.90 Å². The number of anilines is 1. The van der Waals surface area contributed by atoms with Gasteiger partial charge >= 0.3 is 16.2 Å². The summed E-state index contributed by atoms with van der Waals surface area (Å²) in [5, 5.41) is 1.59. The van der Waals surface area contributed by atoms with Gasteiger partial charge in [0.05, 0.1) is 20.1 Å². The van der Waals surface area contributed by atoms with Crippen molar-refractivity contribution in [3.8, 4) is 0 Å². The molecule has 0 aliphatic carbocycles. The van der Waals surface area contributed by atoms with Crippen molar-refractivity contribution in [1.29, 1.82) is 0 Å². The van der Waals surface area contributed by atoms with Gasteiger partial charge in [-0.1, -0.05) is 0 Å². The molecule has 14 nitrogen and oxygen atoms in total. The maximum Gasteiger partial charge on any atom is 0.339 e. The number of carbonyl (C=O) groups is 3. The van der Waals surface area contributed by atoms with Crippen LogP contribution in [0, 0.1) is 6.92 Å². The van der Waals surface area contributed by atoms with E-state index in [-0.39, 0.29) is 18.8 Å². The average molecular weight is 507 g/mol. The predicted molar refractivity (Wildman–Crippen MR) is 117 cm³/mol. The third kappa shape index (κ3) is 4.60. The number of β-lactam (4-membered cyclic amide) rings is 1. The van der Waals surface area contributed by atoms with Crippen molar-refractivity contribution in [3.05, 3.63) is 22.0 Å². The molecule has 1 aromatic rings. The quantitative estimate of drug-likeness (QED) is 0.297. The molecule has 0 saturated carbocycles. The fraction of sp³-hybridized carbons (Fsp3) is 0.467. The number of aromatic nitrogens is 1. The number of nitrogens with two attached hydrogens (primary N) is 2. The molecule has 3 unspecified atom stereocenters. The normalized spacial score (nSPS) is 23.2. The summed E-state index contributed by atoms with van der Waals surface area (Å²) >= 11 is 1.11. The number of nitrogens with zero attached hydrogens (tertiary/aromatic N) is 5. The van der Waals surface area contributed by atoms with Gasteiger partial charge in [0.2, 0.25) is 5.91 Å². The summed E-state index contributed by atoms with van der Waals surface area (Å²) in [4.78, 5) is 44.3. The second kappa shape index (κ2) is 9.10. The Balaban J connectivity index is 1.70. The lowest BCUT2D eigenvalue weighted by atomic mass is 10.1. The van der Waals surface area contributed by atoms with Crippen LogP contribution in [0.25, 0.3) is 0 Å². The second-order valence-electron chi connectivity index (χ2n) is 6.79. The Bertz CT molecular complexity index is 1120. The van der Waals surface area contributed by atoms with Crippen LogP contribution in [0.15, 0.2) is 21.7 Å². The molecule has 0 aromatic carbocycles. The van der Waals surface area contributed by atoms with Crippen LogP contribution in [-0.2, 0) is 35.3 Å². The van der Waals surface area contributed by atoms with Crippen molar-refractivity contribution in [3.63, 3.8) is 0 Å². The summed E-state index contributed by atoms with van der Waals surface area (Å²) in [5.41, 5.74) is 11.0. The van der Waals surface area contributed by atoms with E-state index in [1.807, 2.05) is 4.72 Å². The summed E-state index contributed by atoms with van der Waals surface area (Å²) in [6, 6.07) is -0.450. The highest BCUT2D eigenvalue weighted by Crippen LogP contribution is 2.31. The zero-order valence-electron chi connectivity index (χ0n) is 17.3. The summed E-state index contributed by atoms with van der Waals surface area (Å²) in [6.45, 7) is 1.61. The Morgan fingerprint density at radius 3 is 2.72 bits per heavy atom. The summed E-state index contributed by atoms with van der Waals surface area (Å²) in [6.07, 6.45) is -0.182. The van der Waals surface area contributed by atoms with E-state index in [1.165, 1.54) is 19.1 Å². The van der Waals surface area contributed by atoms with Crippen molar-refractivity contribution in [2.75, 3.05) is 25.0 Å². The van der Waals surface area contributed by atoms with Crippen LogP contribution < -0.4 is 20.5 Å². The van der Waals surface area contributed by atoms with Gasteiger partial charge in [-0.15, -0.1) is 4.53 Å². The largest absolute Gasteiger partial charge is 0.369 e. The number of imide groups is 1. The fourth-order valence-electron chi connectivity index (χ4n) is 3.05. The highest BCUT2D eigenvalue weighted by Gasteiger charge is 2.49. The molecule has 3 atom stereocenters. The number of amides is 4. The smallest absolute Gasteiger partial charge is 0.339 e. The molecule has 1 fully saturated rings. The minimum Gasteiger partial charge on any atom is -0.369 e. The minimum atomic E-state index is -4.29. The molecule has 3 heterocycles. The average Bonchev–Trinajstić information content (AvgIpc) is 3.24. The summed E-state index contributed by atoms with van der Waals surface area (Å²) < 4.78 is 35.5. The van der Waals surface area contributed by atoms with Crippen LogP contribution in [0.3, 0.4) is 0 Å². The number of nitrogens with one attached hydrogen (secondary N) is 1. The van der Waals surface area contributed by atoms with E-state index in [9.17, 15) is 22.8 Å². The van der Waals surface area contributed by atoms with Crippen LogP contribution >= 0.6 is 11.5 Å². The highest BCUT2D eigenvalue weighted by atomic mass is 32.2. The van der Waals surface area contributed by atoms with Crippen LogP contribution in [0.1, 0.15) is 11.3 Å². The van der Waals surface area contributed by atoms with Gasteiger partial charge in [0.15, 0.2) is 5.82 Å². The third-order valence-corrected chi connectivity index (χ3v) is 8.21. The van der Waals surface area contributed by atoms with Crippen molar-refractivity contribution >= 4 is 56.1 Å². The fourth-order valence-corrected chi connectivity index (χ4v) is 5.92. The van der Waals surface area contributed by atoms with Gasteiger partial charge in [0.1, 0.15) is 11.5 Å². The van der Waals surface area contributed by atoms with Crippen molar-refractivity contribution < 1.29 is 27.6 Å². The first-order valence-corrected chi connectivity index (χ1v) is 12.5. The number of urea groups is 1. The molecule has 176 valence electrons. The molecule has 4 amide bonds. The zero-order valence-corrected chi connectivity index (χ0v) is 19.7. The molecule has 0 radical (unpaired) electrons. The summed E-state index contributed by atoms with van der Waals surface area (Å²) in [7, 11) is -2.68. The first-order chi connectivity index (χ1) is 15.0. The second-order valence-corrected chi connectivity index (χ2v) is 11.1. The van der Waals surface area contributed by atoms with Gasteiger partial charge in [-0.05, 0) is 35.2 Å². The highest BCUT2D eigenvalue weighted by molar-refractivity contribution is 7.91. The van der Waals surface area contributed by atoms with Crippen molar-refractivity contribution in [2.45, 2.75) is 24.9 Å². The molecular formula is C15H22N8O6S3. The van der Waals surface area contributed by atoms with Gasteiger partial charge in [0.25, 0.3) is 5.91 Å². The number of hydrogen-bond donors (Lipinski definition) is 3. The van der Waals surface area contributed by atoms with E-state index in [1.54, 1.807) is 18.4 Å². The van der Waals surface area contributed by atoms with E-state index in [0.29, 0.717) is 5.70 Å². The predicted octanol–water partition coefficient (Wildman–Crippen LogP) is -1.31. The monoisotopic (exact) mass is 506 g/mol. The standard InChI is InChI=1S/C15H22N8O6S3/c1-8-4-12(18-30-8)21(2)32(27,28)19-15(26)22-6-10(13(22)25)23-9(5-11(16)24)7-31(14(23)17)20-29-3/h4,7,10,14H,5-6,17H2,1-3H3,(H2,16,24)(H,19,26). The van der Waals surface area contributed by atoms with Crippen LogP contribution in [-0.4, -0.2) is 72.7 Å². The molecule has 3 rings (SSSR count). The Hall–Kier alpha value is -2.60. The lowest BCUT2D eigenvalue weighted by molar-refractivity contribution is -0.144. The minimum absolute atomic E-state index is 0.138. The Morgan fingerprint density at radius 2 is 2.19 bits per heavy atom. The van der Waals surface area contributed by atoms with Gasteiger partial charge in [-0.3, -0.25) is 14.5 Å². The zero-order chi connectivity index (χ0) is 23.8. The molecule has 0 bridgehead atoms. The number of likely N-dealkylation sites (tertiary alicyclic amines) is 1. The SMILES string of the molecule is CO/N=S1/C=C(CC(N)=O)N(C2CN(C(=O)NS(=O)(=O)N(C)c3cc(C)sn3)C2=O)C1N. The number of aryl methyl sites for hydroxylation is 1. The maximum atomic E-state index is 12.7.